The molecule has 16 heavy (non-hydrogen) atoms. The zero-order chi connectivity index (χ0) is 12.0. The quantitative estimate of drug-likeness (QED) is 0.594. The van der Waals surface area contributed by atoms with E-state index in [2.05, 4.69) is 65.0 Å². The summed E-state index contributed by atoms with van der Waals surface area (Å²) in [6.45, 7) is 11.4. The molecule has 1 radical (unpaired) electrons. The summed E-state index contributed by atoms with van der Waals surface area (Å²) in [6.07, 6.45) is 6.84. The molecule has 85 valence electrons. The molecule has 0 aromatic heterocycles. The second-order valence-electron chi connectivity index (χ2n) is 6.32. The van der Waals surface area contributed by atoms with E-state index in [1.807, 2.05) is 0 Å². The summed E-state index contributed by atoms with van der Waals surface area (Å²) in [6, 6.07) is 6.74. The Morgan fingerprint density at radius 1 is 1.12 bits per heavy atom. The Hall–Kier alpha value is -1.04. The summed E-state index contributed by atoms with van der Waals surface area (Å²) >= 11 is 0. The smallest absolute Gasteiger partial charge is 0.00893 e. The van der Waals surface area contributed by atoms with E-state index in [1.165, 1.54) is 16.7 Å². The molecule has 0 spiro atoms. The van der Waals surface area contributed by atoms with Crippen molar-refractivity contribution in [3.8, 4) is 0 Å². The molecule has 0 nitrogen and oxygen atoms in total. The lowest BCUT2D eigenvalue weighted by Gasteiger charge is -2.32. The van der Waals surface area contributed by atoms with Crippen LogP contribution < -0.4 is 0 Å². The van der Waals surface area contributed by atoms with Gasteiger partial charge in [0.05, 0.1) is 0 Å². The van der Waals surface area contributed by atoms with Crippen molar-refractivity contribution in [2.75, 3.05) is 0 Å². The van der Waals surface area contributed by atoms with Crippen molar-refractivity contribution in [3.63, 3.8) is 0 Å². The van der Waals surface area contributed by atoms with Crippen LogP contribution in [0.15, 0.2) is 18.2 Å². The number of allylic oxidation sites excluding steroid dienone is 1. The van der Waals surface area contributed by atoms with Crippen molar-refractivity contribution in [1.82, 2.24) is 0 Å². The van der Waals surface area contributed by atoms with E-state index < -0.39 is 0 Å². The molecular formula is C16H21. The van der Waals surface area contributed by atoms with Crippen molar-refractivity contribution in [2.24, 2.45) is 5.41 Å². The molecular weight excluding hydrogens is 192 g/mol. The second-order valence-corrected chi connectivity index (χ2v) is 6.32. The first-order valence-electron chi connectivity index (χ1n) is 6.02. The highest BCUT2D eigenvalue weighted by Crippen LogP contribution is 2.41. The Bertz CT molecular complexity index is 433. The molecule has 0 unspecified atom stereocenters. The van der Waals surface area contributed by atoms with E-state index >= 15 is 0 Å². The van der Waals surface area contributed by atoms with Crippen molar-refractivity contribution in [3.05, 3.63) is 41.0 Å². The molecule has 0 fully saturated rings. The van der Waals surface area contributed by atoms with E-state index in [4.69, 9.17) is 0 Å². The van der Waals surface area contributed by atoms with Crippen molar-refractivity contribution in [2.45, 2.75) is 46.5 Å². The number of hydrogen-bond acceptors (Lipinski definition) is 0. The van der Waals surface area contributed by atoms with Crippen molar-refractivity contribution >= 4 is 6.08 Å². The van der Waals surface area contributed by atoms with E-state index in [9.17, 15) is 0 Å². The van der Waals surface area contributed by atoms with Crippen LogP contribution in [0.3, 0.4) is 0 Å². The van der Waals surface area contributed by atoms with Crippen LogP contribution in [-0.4, -0.2) is 0 Å². The van der Waals surface area contributed by atoms with Gasteiger partial charge in [0.15, 0.2) is 0 Å². The average molecular weight is 213 g/mol. The van der Waals surface area contributed by atoms with Gasteiger partial charge in [-0.15, -0.1) is 0 Å². The fraction of sp³-hybridized carbons (Fsp3) is 0.500. The first-order valence-corrected chi connectivity index (χ1v) is 6.02. The number of rotatable bonds is 0. The fourth-order valence-corrected chi connectivity index (χ4v) is 2.91. The van der Waals surface area contributed by atoms with Crippen LogP contribution in [0.2, 0.25) is 0 Å². The van der Waals surface area contributed by atoms with E-state index in [-0.39, 0.29) is 10.8 Å². The Morgan fingerprint density at radius 3 is 2.50 bits per heavy atom. The molecule has 0 atom stereocenters. The van der Waals surface area contributed by atoms with Crippen LogP contribution in [0.1, 0.15) is 50.8 Å². The fourth-order valence-electron chi connectivity index (χ4n) is 2.91. The van der Waals surface area contributed by atoms with Gasteiger partial charge in [-0.3, -0.25) is 0 Å². The Labute approximate surface area is 99.4 Å². The minimum absolute atomic E-state index is 0.163. The van der Waals surface area contributed by atoms with Crippen LogP contribution in [0, 0.1) is 18.4 Å². The van der Waals surface area contributed by atoms with Gasteiger partial charge in [-0.2, -0.15) is 0 Å². The van der Waals surface area contributed by atoms with Crippen LogP contribution in [0.25, 0.3) is 6.08 Å². The van der Waals surface area contributed by atoms with Crippen LogP contribution in [-0.2, 0) is 5.41 Å². The SMILES string of the molecule is Cc1ccc2c(c1)C(C)(C)CC(C)(C)[C]=C2. The maximum absolute atomic E-state index is 3.53. The van der Waals surface area contributed by atoms with E-state index in [1.54, 1.807) is 0 Å². The zero-order valence-corrected chi connectivity index (χ0v) is 11.0. The zero-order valence-electron chi connectivity index (χ0n) is 11.0. The Balaban J connectivity index is 2.60. The molecule has 0 heteroatoms. The number of aryl methyl sites for hydroxylation is 1. The molecule has 0 saturated carbocycles. The van der Waals surface area contributed by atoms with Crippen molar-refractivity contribution in [1.29, 1.82) is 0 Å². The Morgan fingerprint density at radius 2 is 1.81 bits per heavy atom. The predicted molar refractivity (Wildman–Crippen MR) is 70.3 cm³/mol. The molecule has 0 amide bonds. The maximum Gasteiger partial charge on any atom is -0.00893 e. The number of benzene rings is 1. The second kappa shape index (κ2) is 3.48. The lowest BCUT2D eigenvalue weighted by molar-refractivity contribution is 0.316. The molecule has 0 aliphatic heterocycles. The minimum Gasteiger partial charge on any atom is -0.0587 e. The molecule has 2 rings (SSSR count). The summed E-state index contributed by atoms with van der Waals surface area (Å²) in [4.78, 5) is 0. The number of fused-ring (bicyclic) bond motifs is 1. The van der Waals surface area contributed by atoms with E-state index in [0.29, 0.717) is 0 Å². The molecule has 0 heterocycles. The molecule has 0 saturated heterocycles. The van der Waals surface area contributed by atoms with Gasteiger partial charge in [-0.1, -0.05) is 57.5 Å². The summed E-state index contributed by atoms with van der Waals surface area (Å²) in [7, 11) is 0. The van der Waals surface area contributed by atoms with Gasteiger partial charge in [0.1, 0.15) is 0 Å². The normalized spacial score (nSPS) is 21.3. The first kappa shape index (κ1) is 11.4. The lowest BCUT2D eigenvalue weighted by atomic mass is 9.72. The third kappa shape index (κ3) is 2.07. The van der Waals surface area contributed by atoms with Gasteiger partial charge in [0.25, 0.3) is 0 Å². The highest BCUT2D eigenvalue weighted by atomic mass is 14.4. The minimum atomic E-state index is 0.163. The third-order valence-electron chi connectivity index (χ3n) is 3.44. The van der Waals surface area contributed by atoms with Crippen LogP contribution in [0.4, 0.5) is 0 Å². The first-order chi connectivity index (χ1) is 7.30. The lowest BCUT2D eigenvalue weighted by Crippen LogP contribution is -2.25. The van der Waals surface area contributed by atoms with E-state index in [0.717, 1.165) is 6.42 Å². The summed E-state index contributed by atoms with van der Waals surface area (Å²) in [5, 5.41) is 0. The highest BCUT2D eigenvalue weighted by molar-refractivity contribution is 5.57. The third-order valence-corrected chi connectivity index (χ3v) is 3.44. The summed E-state index contributed by atoms with van der Waals surface area (Å²) in [5.41, 5.74) is 4.54. The molecule has 1 aromatic carbocycles. The van der Waals surface area contributed by atoms with Crippen LogP contribution >= 0.6 is 0 Å². The molecule has 1 aliphatic rings. The van der Waals surface area contributed by atoms with Gasteiger partial charge >= 0.3 is 0 Å². The molecule has 0 N–H and O–H groups in total. The van der Waals surface area contributed by atoms with Crippen LogP contribution in [0.5, 0.6) is 0 Å². The monoisotopic (exact) mass is 213 g/mol. The topological polar surface area (TPSA) is 0 Å². The van der Waals surface area contributed by atoms with Gasteiger partial charge < -0.3 is 0 Å². The summed E-state index contributed by atoms with van der Waals surface area (Å²) in [5.74, 6) is 0. The Kier molecular flexibility index (Phi) is 2.49. The molecule has 0 bridgehead atoms. The van der Waals surface area contributed by atoms with Gasteiger partial charge in [0, 0.05) is 0 Å². The standard InChI is InChI=1S/C16H21/c1-12-6-7-13-8-9-15(2,3)11-16(4,5)14(13)10-12/h6-8,10H,11H2,1-5H3. The maximum atomic E-state index is 3.53. The largest absolute Gasteiger partial charge is 0.0587 e. The molecule has 1 aliphatic carbocycles. The van der Waals surface area contributed by atoms with Crippen molar-refractivity contribution < 1.29 is 0 Å². The summed E-state index contributed by atoms with van der Waals surface area (Å²) < 4.78 is 0. The van der Waals surface area contributed by atoms with Gasteiger partial charge in [-0.05, 0) is 41.4 Å². The number of hydrogen-bond donors (Lipinski definition) is 0. The van der Waals surface area contributed by atoms with Gasteiger partial charge in [-0.25, -0.2) is 0 Å². The highest BCUT2D eigenvalue weighted by Gasteiger charge is 2.32. The average Bonchev–Trinajstić information content (AvgIpc) is 2.21. The predicted octanol–water partition coefficient (Wildman–Crippen LogP) is 4.52. The van der Waals surface area contributed by atoms with Gasteiger partial charge in [0.2, 0.25) is 0 Å². The molecule has 1 aromatic rings.